The van der Waals surface area contributed by atoms with Crippen molar-refractivity contribution >= 4 is 68.7 Å². The summed E-state index contributed by atoms with van der Waals surface area (Å²) in [5, 5.41) is 3.86. The van der Waals surface area contributed by atoms with E-state index >= 15 is 8.78 Å². The number of hydrogen-bond acceptors (Lipinski definition) is 14. The van der Waals surface area contributed by atoms with Gasteiger partial charge in [0.25, 0.3) is 5.91 Å². The number of likely N-dealkylation sites (tertiary alicyclic amines) is 1. The molecule has 3 aromatic carbocycles. The summed E-state index contributed by atoms with van der Waals surface area (Å²) in [6, 6.07) is 10.3. The molecular formula is C61H71ClF2N10O8. The number of ether oxygens (including phenoxy) is 4. The topological polar surface area (TPSA) is 175 Å². The zero-order valence-electron chi connectivity index (χ0n) is 47.1. The van der Waals surface area contributed by atoms with Crippen LogP contribution in [-0.2, 0) is 14.3 Å². The summed E-state index contributed by atoms with van der Waals surface area (Å²) < 4.78 is 56.0. The predicted molar refractivity (Wildman–Crippen MR) is 307 cm³/mol. The Morgan fingerprint density at radius 3 is 2.28 bits per heavy atom. The molecule has 5 aliphatic heterocycles. The zero-order chi connectivity index (χ0) is 57.5. The Kier molecular flexibility index (Phi) is 16.5. The van der Waals surface area contributed by atoms with Crippen LogP contribution in [0.3, 0.4) is 0 Å². The van der Waals surface area contributed by atoms with E-state index in [-0.39, 0.29) is 90.1 Å². The van der Waals surface area contributed by atoms with E-state index in [2.05, 4.69) is 30.9 Å². The first-order valence-electron chi connectivity index (χ1n) is 28.7. The normalized spacial score (nSPS) is 20.9. The second-order valence-electron chi connectivity index (χ2n) is 23.9. The van der Waals surface area contributed by atoms with Gasteiger partial charge in [-0.25, -0.2) is 18.4 Å². The number of nitrogens with zero attached hydrogens (tertiary/aromatic N) is 9. The van der Waals surface area contributed by atoms with E-state index in [0.29, 0.717) is 82.6 Å². The Hall–Kier alpha value is -6.92. The van der Waals surface area contributed by atoms with Gasteiger partial charge in [-0.3, -0.25) is 34.6 Å². The van der Waals surface area contributed by atoms with Gasteiger partial charge in [0.15, 0.2) is 12.6 Å². The number of carbonyl (C=O) groups is 4. The van der Waals surface area contributed by atoms with E-state index < -0.39 is 23.3 Å². The summed E-state index contributed by atoms with van der Waals surface area (Å²) in [5.74, 6) is 2.11. The number of benzene rings is 3. The fourth-order valence-corrected chi connectivity index (χ4v) is 13.3. The van der Waals surface area contributed by atoms with Gasteiger partial charge in [0, 0.05) is 102 Å². The minimum absolute atomic E-state index is 0.00313. The van der Waals surface area contributed by atoms with Crippen LogP contribution in [0.4, 0.5) is 29.9 Å². The van der Waals surface area contributed by atoms with Crippen LogP contribution in [0.25, 0.3) is 32.9 Å². The number of imide groups is 1. The maximum atomic E-state index is 17.5. The number of methoxy groups -OCH3 is 1. The summed E-state index contributed by atoms with van der Waals surface area (Å²) >= 11 is 6.47. The number of aromatic nitrogens is 3. The summed E-state index contributed by atoms with van der Waals surface area (Å²) in [6.07, 6.45) is 16.6. The fraction of sp³-hybridized carbons (Fsp3) is 0.525. The molecule has 5 aromatic rings. The fourth-order valence-electron chi connectivity index (χ4n) is 13.1. The average Bonchev–Trinajstić information content (AvgIpc) is 2.09. The summed E-state index contributed by atoms with van der Waals surface area (Å²) in [6.45, 7) is 13.5. The highest BCUT2D eigenvalue weighted by Gasteiger charge is 2.46. The summed E-state index contributed by atoms with van der Waals surface area (Å²) in [5.41, 5.74) is 0.558. The lowest BCUT2D eigenvalue weighted by Gasteiger charge is -2.46. The number of carbonyl (C=O) groups excluding carboxylic acids is 4. The monoisotopic (exact) mass is 1140 g/mol. The van der Waals surface area contributed by atoms with Crippen LogP contribution in [0.5, 0.6) is 11.8 Å². The molecule has 5 amide bonds. The smallest absolute Gasteiger partial charge is 0.410 e. The highest BCUT2D eigenvalue weighted by Crippen LogP contribution is 2.48. The maximum absolute atomic E-state index is 17.5. The van der Waals surface area contributed by atoms with Gasteiger partial charge in [-0.2, -0.15) is 9.97 Å². The Morgan fingerprint density at radius 1 is 0.878 bits per heavy atom. The Balaban J connectivity index is 0.711. The number of amides is 5. The van der Waals surface area contributed by atoms with E-state index in [1.807, 2.05) is 30.6 Å². The van der Waals surface area contributed by atoms with Gasteiger partial charge in [0.2, 0.25) is 5.91 Å². The van der Waals surface area contributed by atoms with Gasteiger partial charge in [0.1, 0.15) is 40.8 Å². The second kappa shape index (κ2) is 23.7. The second-order valence-corrected chi connectivity index (χ2v) is 24.3. The van der Waals surface area contributed by atoms with Crippen LogP contribution in [0.1, 0.15) is 101 Å². The number of piperazine rings is 2. The highest BCUT2D eigenvalue weighted by atomic mass is 35.5. The molecule has 1 spiro atoms. The quantitative estimate of drug-likeness (QED) is 0.0823. The lowest BCUT2D eigenvalue weighted by molar-refractivity contribution is -0.120. The van der Waals surface area contributed by atoms with Gasteiger partial charge >= 0.3 is 18.1 Å². The number of halogens is 3. The van der Waals surface area contributed by atoms with Crippen LogP contribution in [0, 0.1) is 35.3 Å². The van der Waals surface area contributed by atoms with Crippen molar-refractivity contribution in [3.63, 3.8) is 0 Å². The average molecular weight is 1150 g/mol. The van der Waals surface area contributed by atoms with Crippen molar-refractivity contribution < 1.29 is 46.9 Å². The molecule has 11 rings (SSSR count). The molecule has 2 atom stereocenters. The molecule has 2 bridgehead atoms. The first kappa shape index (κ1) is 56.9. The van der Waals surface area contributed by atoms with Crippen molar-refractivity contribution in [2.75, 3.05) is 102 Å². The van der Waals surface area contributed by atoms with Gasteiger partial charge in [-0.05, 0) is 138 Å². The number of nitrogens with one attached hydrogen (secondary N) is 1. The third-order valence-electron chi connectivity index (χ3n) is 17.6. The molecule has 1 N–H and O–H groups in total. The number of terminal acetylenes is 1. The molecule has 6 fully saturated rings. The van der Waals surface area contributed by atoms with Crippen LogP contribution < -0.4 is 24.6 Å². The van der Waals surface area contributed by atoms with Crippen LogP contribution in [0.15, 0.2) is 48.7 Å². The number of fused-ring (bicyclic) bond motifs is 4. The minimum atomic E-state index is -0.767. The highest BCUT2D eigenvalue weighted by molar-refractivity contribution is 6.34. The minimum Gasteiger partial charge on any atom is -0.468 e. The van der Waals surface area contributed by atoms with Crippen LogP contribution >= 0.6 is 11.6 Å². The molecule has 5 saturated heterocycles. The van der Waals surface area contributed by atoms with Crippen LogP contribution in [0.2, 0.25) is 5.02 Å². The number of piperidine rings is 1. The SMILES string of the molecule is C#Cc1c(F)ccc2cc(OCOC)cc(-c3ncc4c(N5CC6CCC(C5)N6C(=O)OC(C)(C)C)nc(OCCN5CCN(CCC6CCC7(CC6)CCN(C(=O)c6ccc(Cl)c(N8CCC(=O)NC8=O)c6)CC7)CC5)nc4c3F)c12. The third kappa shape index (κ3) is 12.0. The lowest BCUT2D eigenvalue weighted by Crippen LogP contribution is -2.57. The molecule has 0 radical (unpaired) electrons. The van der Waals surface area contributed by atoms with Crippen molar-refractivity contribution in [1.29, 1.82) is 0 Å². The van der Waals surface area contributed by atoms with E-state index in [1.54, 1.807) is 36.4 Å². The maximum Gasteiger partial charge on any atom is 0.410 e. The number of rotatable bonds is 14. The number of anilines is 2. The number of hydrogen-bond donors (Lipinski definition) is 1. The summed E-state index contributed by atoms with van der Waals surface area (Å²) in [7, 11) is 1.49. The molecule has 82 heavy (non-hydrogen) atoms. The molecule has 2 aromatic heterocycles. The van der Waals surface area contributed by atoms with Crippen molar-refractivity contribution in [2.45, 2.75) is 103 Å². The Labute approximate surface area is 481 Å². The molecule has 21 heteroatoms. The molecule has 6 aliphatic rings. The Bertz CT molecular complexity index is 3300. The van der Waals surface area contributed by atoms with E-state index in [9.17, 15) is 19.2 Å². The molecule has 7 heterocycles. The Morgan fingerprint density at radius 2 is 1.60 bits per heavy atom. The first-order chi connectivity index (χ1) is 39.5. The van der Waals surface area contributed by atoms with Crippen LogP contribution in [-0.4, -0.2) is 169 Å². The molecule has 1 saturated carbocycles. The van der Waals surface area contributed by atoms with Crippen molar-refractivity contribution in [3.8, 4) is 35.4 Å². The van der Waals surface area contributed by atoms with Crippen molar-refractivity contribution in [2.24, 2.45) is 11.3 Å². The molecule has 2 unspecified atom stereocenters. The lowest BCUT2D eigenvalue weighted by atomic mass is 9.65. The molecule has 1 aliphatic carbocycles. The largest absolute Gasteiger partial charge is 0.468 e. The summed E-state index contributed by atoms with van der Waals surface area (Å²) in [4.78, 5) is 77.9. The third-order valence-corrected chi connectivity index (χ3v) is 17.9. The molecular weight excluding hydrogens is 1070 g/mol. The number of pyridine rings is 1. The standard InChI is InChI=1S/C61H71ClF2N10O8/c1-6-44-48(63)12-8-39-31-43(81-37-79-5)33-45(51(39)44)53-52(64)54-46(34-65-53)55(72-35-41-9-10-42(36-72)74(41)59(78)82-60(2,3)4)68-57(67-54)80-30-29-70-27-25-69(26-28-70)21-15-38-13-17-61(18-14-38)19-23-71(24-20-61)56(76)40-7-11-47(62)49(32-40)73-22-16-50(75)66-58(73)77/h1,7-8,11-12,31-34,38,41-42H,9-10,13-30,35-37H2,2-5H3,(H,66,75,77). The van der Waals surface area contributed by atoms with Gasteiger partial charge in [-0.15, -0.1) is 6.42 Å². The molecule has 434 valence electrons. The van der Waals surface area contributed by atoms with Crippen molar-refractivity contribution in [1.82, 2.24) is 39.9 Å². The molecule has 18 nitrogen and oxygen atoms in total. The van der Waals surface area contributed by atoms with E-state index in [4.69, 9.17) is 46.9 Å². The van der Waals surface area contributed by atoms with E-state index in [0.717, 1.165) is 64.8 Å². The number of urea groups is 1. The van der Waals surface area contributed by atoms with E-state index in [1.165, 1.54) is 50.0 Å². The predicted octanol–water partition coefficient (Wildman–Crippen LogP) is 9.27. The first-order valence-corrected chi connectivity index (χ1v) is 29.1. The van der Waals surface area contributed by atoms with Gasteiger partial charge < -0.3 is 33.6 Å². The zero-order valence-corrected chi connectivity index (χ0v) is 47.9. The van der Waals surface area contributed by atoms with Gasteiger partial charge in [0.05, 0.1) is 33.7 Å². The van der Waals surface area contributed by atoms with Crippen molar-refractivity contribution in [3.05, 3.63) is 76.4 Å². The van der Waals surface area contributed by atoms with Gasteiger partial charge in [-0.1, -0.05) is 23.6 Å².